The van der Waals surface area contributed by atoms with Crippen molar-refractivity contribution in [3.8, 4) is 0 Å². The van der Waals surface area contributed by atoms with E-state index in [1.54, 1.807) is 0 Å². The van der Waals surface area contributed by atoms with Crippen LogP contribution in [-0.4, -0.2) is 34.5 Å². The minimum absolute atomic E-state index is 0.220. The molecule has 1 heterocycles. The number of hydrogen-bond donors (Lipinski definition) is 3. The first-order chi connectivity index (χ1) is 7.11. The predicted octanol–water partition coefficient (Wildman–Crippen LogP) is 0.594. The van der Waals surface area contributed by atoms with E-state index in [-0.39, 0.29) is 12.6 Å². The van der Waals surface area contributed by atoms with Crippen LogP contribution in [0.4, 0.5) is 0 Å². The van der Waals surface area contributed by atoms with Crippen molar-refractivity contribution in [1.82, 2.24) is 15.4 Å². The van der Waals surface area contributed by atoms with Crippen molar-refractivity contribution in [1.29, 1.82) is 0 Å². The Morgan fingerprint density at radius 1 is 1.40 bits per heavy atom. The molecule has 1 rings (SSSR count). The van der Waals surface area contributed by atoms with E-state index in [9.17, 15) is 4.79 Å². The molecule has 15 heavy (non-hydrogen) atoms. The van der Waals surface area contributed by atoms with Crippen molar-refractivity contribution in [2.24, 2.45) is 4.99 Å². The van der Waals surface area contributed by atoms with Crippen LogP contribution < -0.4 is 5.36 Å². The Morgan fingerprint density at radius 2 is 2.00 bits per heavy atom. The lowest BCUT2D eigenvalue weighted by Gasteiger charge is -1.96. The number of aromatic nitrogens is 3. The van der Waals surface area contributed by atoms with Crippen molar-refractivity contribution in [2.45, 2.75) is 6.92 Å². The quantitative estimate of drug-likeness (QED) is 0.414. The van der Waals surface area contributed by atoms with Crippen LogP contribution in [0.25, 0.3) is 0 Å². The van der Waals surface area contributed by atoms with Gasteiger partial charge in [0.25, 0.3) is 0 Å². The van der Waals surface area contributed by atoms with E-state index in [2.05, 4.69) is 20.4 Å². The monoisotopic (exact) mass is 246 g/mol. The summed E-state index contributed by atoms with van der Waals surface area (Å²) >= 11 is 9.93. The van der Waals surface area contributed by atoms with Gasteiger partial charge in [0.2, 0.25) is 0 Å². The van der Waals surface area contributed by atoms with Crippen molar-refractivity contribution < 1.29 is 9.53 Å². The molecular formula is C7H10N4O2S2. The van der Waals surface area contributed by atoms with Gasteiger partial charge >= 0.3 is 5.97 Å². The topological polar surface area (TPSA) is 86.0 Å². The fourth-order valence-electron chi connectivity index (χ4n) is 0.857. The smallest absolute Gasteiger partial charge is 0.302 e. The van der Waals surface area contributed by atoms with Crippen LogP contribution in [0.3, 0.4) is 0 Å². The first-order valence-electron chi connectivity index (χ1n) is 4.15. The number of ether oxygens (including phenoxy) is 1. The van der Waals surface area contributed by atoms with E-state index in [0.717, 1.165) is 0 Å². The van der Waals surface area contributed by atoms with Crippen LogP contribution in [0, 0.1) is 9.28 Å². The molecule has 0 atom stereocenters. The van der Waals surface area contributed by atoms with E-state index in [1.165, 1.54) is 6.92 Å². The SMILES string of the molecule is CC(=O)OCCN=c1c(=S)[nH][nH][nH]c1=S. The van der Waals surface area contributed by atoms with Crippen LogP contribution in [0.2, 0.25) is 0 Å². The lowest BCUT2D eigenvalue weighted by molar-refractivity contribution is -0.140. The Bertz CT molecular complexity index is 481. The third-order valence-electron chi connectivity index (χ3n) is 1.45. The number of rotatable bonds is 3. The molecule has 6 nitrogen and oxygen atoms in total. The lowest BCUT2D eigenvalue weighted by Crippen LogP contribution is -2.13. The van der Waals surface area contributed by atoms with E-state index in [4.69, 9.17) is 29.2 Å². The molecule has 0 unspecified atom stereocenters. The van der Waals surface area contributed by atoms with Crippen molar-refractivity contribution in [2.75, 3.05) is 13.2 Å². The molecule has 0 aliphatic rings. The molecule has 0 saturated heterocycles. The zero-order chi connectivity index (χ0) is 11.3. The fourth-order valence-corrected chi connectivity index (χ4v) is 1.36. The van der Waals surface area contributed by atoms with Gasteiger partial charge < -0.3 is 4.74 Å². The van der Waals surface area contributed by atoms with Crippen LogP contribution in [-0.2, 0) is 9.53 Å². The molecule has 0 spiro atoms. The number of carbonyl (C=O) groups is 1. The molecule has 0 saturated carbocycles. The van der Waals surface area contributed by atoms with Crippen molar-refractivity contribution in [3.63, 3.8) is 0 Å². The molecule has 0 radical (unpaired) electrons. The zero-order valence-electron chi connectivity index (χ0n) is 7.99. The molecule has 0 bridgehead atoms. The van der Waals surface area contributed by atoms with Gasteiger partial charge in [-0.2, -0.15) is 0 Å². The summed E-state index contributed by atoms with van der Waals surface area (Å²) in [4.78, 5) is 14.6. The molecule has 0 fully saturated rings. The number of aromatic amines is 3. The first kappa shape index (κ1) is 11.8. The van der Waals surface area contributed by atoms with Crippen LogP contribution >= 0.6 is 24.4 Å². The van der Waals surface area contributed by atoms with Crippen LogP contribution in [0.15, 0.2) is 4.99 Å². The minimum Gasteiger partial charge on any atom is -0.464 e. The molecule has 1 aromatic rings. The Hall–Kier alpha value is -1.28. The second kappa shape index (κ2) is 5.56. The maximum Gasteiger partial charge on any atom is 0.302 e. The highest BCUT2D eigenvalue weighted by molar-refractivity contribution is 7.72. The average molecular weight is 246 g/mol. The molecule has 0 aromatic carbocycles. The summed E-state index contributed by atoms with van der Waals surface area (Å²) in [6.07, 6.45) is 0. The highest BCUT2D eigenvalue weighted by Gasteiger charge is 1.92. The summed E-state index contributed by atoms with van der Waals surface area (Å²) in [6, 6.07) is 0. The molecule has 82 valence electrons. The van der Waals surface area contributed by atoms with Gasteiger partial charge in [0, 0.05) is 6.92 Å². The molecule has 0 aliphatic heterocycles. The first-order valence-corrected chi connectivity index (χ1v) is 4.96. The van der Waals surface area contributed by atoms with Gasteiger partial charge in [-0.3, -0.25) is 20.0 Å². The van der Waals surface area contributed by atoms with E-state index >= 15 is 0 Å². The largest absolute Gasteiger partial charge is 0.464 e. The molecule has 3 N–H and O–H groups in total. The maximum absolute atomic E-state index is 10.5. The molecule has 0 amide bonds. The van der Waals surface area contributed by atoms with E-state index in [1.807, 2.05) is 0 Å². The van der Waals surface area contributed by atoms with Crippen LogP contribution in [0.1, 0.15) is 6.92 Å². The number of esters is 1. The minimum atomic E-state index is -0.332. The second-order valence-electron chi connectivity index (χ2n) is 2.60. The summed E-state index contributed by atoms with van der Waals surface area (Å²) in [5.74, 6) is -0.332. The summed E-state index contributed by atoms with van der Waals surface area (Å²) in [6.45, 7) is 1.89. The fraction of sp³-hybridized carbons (Fsp3) is 0.429. The van der Waals surface area contributed by atoms with Crippen molar-refractivity contribution in [3.05, 3.63) is 14.6 Å². The van der Waals surface area contributed by atoms with Crippen molar-refractivity contribution >= 4 is 30.4 Å². The number of nitrogens with zero attached hydrogens (tertiary/aromatic N) is 1. The molecule has 0 aliphatic carbocycles. The van der Waals surface area contributed by atoms with Gasteiger partial charge in [0.15, 0.2) is 0 Å². The Balaban J connectivity index is 2.79. The van der Waals surface area contributed by atoms with Gasteiger partial charge in [0.05, 0.1) is 6.54 Å². The summed E-state index contributed by atoms with van der Waals surface area (Å²) < 4.78 is 5.55. The second-order valence-corrected chi connectivity index (χ2v) is 3.42. The normalized spacial score (nSPS) is 9.67. The van der Waals surface area contributed by atoms with E-state index in [0.29, 0.717) is 21.2 Å². The number of hydrogen-bond acceptors (Lipinski definition) is 5. The lowest BCUT2D eigenvalue weighted by atomic mass is 10.6. The third-order valence-corrected chi connectivity index (χ3v) is 2.04. The van der Waals surface area contributed by atoms with Gasteiger partial charge in [-0.25, -0.2) is 5.21 Å². The highest BCUT2D eigenvalue weighted by Crippen LogP contribution is 1.79. The average Bonchev–Trinajstić information content (AvgIpc) is 2.15. The van der Waals surface area contributed by atoms with Gasteiger partial charge in [-0.1, -0.05) is 24.4 Å². The standard InChI is InChI=1S/C7H10N4O2S2/c1-4(12)13-3-2-8-5-6(14)9-11-10-7(5)15/h2-3H2,1H3,(H,8,11)(H2,9,10,14,15). The highest BCUT2D eigenvalue weighted by atomic mass is 32.1. The Kier molecular flexibility index (Phi) is 4.37. The number of carbonyl (C=O) groups excluding carboxylic acids is 1. The zero-order valence-corrected chi connectivity index (χ0v) is 9.63. The Labute approximate surface area is 95.4 Å². The summed E-state index contributed by atoms with van der Waals surface area (Å²) in [5, 5.41) is 8.38. The van der Waals surface area contributed by atoms with Crippen LogP contribution in [0.5, 0.6) is 0 Å². The Morgan fingerprint density at radius 3 is 2.53 bits per heavy atom. The predicted molar refractivity (Wildman–Crippen MR) is 58.2 cm³/mol. The maximum atomic E-state index is 10.5. The van der Waals surface area contributed by atoms with Gasteiger partial charge in [-0.05, 0) is 0 Å². The van der Waals surface area contributed by atoms with Gasteiger partial charge in [0.1, 0.15) is 21.2 Å². The molecule has 8 heteroatoms. The number of nitrogens with one attached hydrogen (secondary N) is 3. The molecular weight excluding hydrogens is 236 g/mol. The third kappa shape index (κ3) is 3.76. The van der Waals surface area contributed by atoms with Gasteiger partial charge in [-0.15, -0.1) is 0 Å². The summed E-state index contributed by atoms with van der Waals surface area (Å²) in [5.41, 5.74) is 0. The van der Waals surface area contributed by atoms with E-state index < -0.39 is 0 Å². The molecule has 1 aromatic heterocycles. The number of H-pyrrole nitrogens is 3. The summed E-state index contributed by atoms with van der Waals surface area (Å²) in [7, 11) is 0.